The van der Waals surface area contributed by atoms with Crippen LogP contribution in [-0.4, -0.2) is 27.4 Å². The molecule has 6 nitrogen and oxygen atoms in total. The second-order valence-corrected chi connectivity index (χ2v) is 3.99. The third kappa shape index (κ3) is 3.88. The van der Waals surface area contributed by atoms with Crippen LogP contribution in [0.2, 0.25) is 0 Å². The fourth-order valence-corrected chi connectivity index (χ4v) is 1.49. The minimum absolute atomic E-state index is 0.260. The van der Waals surface area contributed by atoms with E-state index in [1.54, 1.807) is 18.5 Å². The molecule has 2 aromatic rings. The van der Waals surface area contributed by atoms with Gasteiger partial charge in [-0.1, -0.05) is 6.08 Å². The van der Waals surface area contributed by atoms with Gasteiger partial charge in [0.25, 0.3) is 5.91 Å². The van der Waals surface area contributed by atoms with Gasteiger partial charge in [-0.2, -0.15) is 0 Å². The Balaban J connectivity index is 1.90. The number of carbonyl (C=O) groups is 1. The molecule has 2 rings (SSSR count). The van der Waals surface area contributed by atoms with Crippen molar-refractivity contribution in [2.24, 2.45) is 0 Å². The van der Waals surface area contributed by atoms with Crippen LogP contribution >= 0.6 is 0 Å². The van der Waals surface area contributed by atoms with Crippen LogP contribution in [0.3, 0.4) is 0 Å². The van der Waals surface area contributed by atoms with Crippen LogP contribution in [0.1, 0.15) is 16.1 Å². The fraction of sp³-hybridized carbons (Fsp3) is 0.143. The Kier molecular flexibility index (Phi) is 4.77. The van der Waals surface area contributed by atoms with Crippen molar-refractivity contribution in [3.8, 4) is 0 Å². The van der Waals surface area contributed by atoms with Crippen molar-refractivity contribution in [3.63, 3.8) is 0 Å². The lowest BCUT2D eigenvalue weighted by atomic mass is 10.2. The van der Waals surface area contributed by atoms with Gasteiger partial charge in [-0.05, 0) is 17.7 Å². The van der Waals surface area contributed by atoms with Gasteiger partial charge in [-0.25, -0.2) is 9.97 Å². The Morgan fingerprint density at radius 3 is 2.70 bits per heavy atom. The largest absolute Gasteiger partial charge is 0.365 e. The molecule has 2 heterocycles. The molecule has 0 unspecified atom stereocenters. The molecule has 0 atom stereocenters. The summed E-state index contributed by atoms with van der Waals surface area (Å²) in [6.45, 7) is 4.62. The van der Waals surface area contributed by atoms with Gasteiger partial charge >= 0.3 is 0 Å². The van der Waals surface area contributed by atoms with E-state index < -0.39 is 0 Å². The predicted octanol–water partition coefficient (Wildman–Crippen LogP) is 1.40. The SMILES string of the molecule is C=CCNc1cnc(C(=O)NCc2ccncc2)cn1. The zero-order chi connectivity index (χ0) is 14.2. The molecule has 0 radical (unpaired) electrons. The Labute approximate surface area is 117 Å². The highest BCUT2D eigenvalue weighted by atomic mass is 16.1. The Morgan fingerprint density at radius 1 is 1.25 bits per heavy atom. The van der Waals surface area contributed by atoms with Crippen molar-refractivity contribution in [2.75, 3.05) is 11.9 Å². The Hall–Kier alpha value is -2.76. The summed E-state index contributed by atoms with van der Waals surface area (Å²) in [5, 5.41) is 5.76. The number of hydrogen-bond acceptors (Lipinski definition) is 5. The molecule has 0 saturated carbocycles. The van der Waals surface area contributed by atoms with Crippen LogP contribution in [0.4, 0.5) is 5.82 Å². The van der Waals surface area contributed by atoms with E-state index in [-0.39, 0.29) is 11.6 Å². The number of amides is 1. The van der Waals surface area contributed by atoms with Gasteiger partial charge in [-0.15, -0.1) is 6.58 Å². The van der Waals surface area contributed by atoms with E-state index in [4.69, 9.17) is 0 Å². The van der Waals surface area contributed by atoms with Crippen molar-refractivity contribution in [1.82, 2.24) is 20.3 Å². The number of hydrogen-bond donors (Lipinski definition) is 2. The number of pyridine rings is 1. The summed E-state index contributed by atoms with van der Waals surface area (Å²) in [6.07, 6.45) is 8.04. The van der Waals surface area contributed by atoms with Gasteiger partial charge in [-0.3, -0.25) is 9.78 Å². The van der Waals surface area contributed by atoms with Crippen LogP contribution in [0.15, 0.2) is 49.6 Å². The molecular weight excluding hydrogens is 254 g/mol. The predicted molar refractivity (Wildman–Crippen MR) is 76.1 cm³/mol. The molecule has 0 spiro atoms. The van der Waals surface area contributed by atoms with Crippen LogP contribution in [0.25, 0.3) is 0 Å². The van der Waals surface area contributed by atoms with Gasteiger partial charge in [0.2, 0.25) is 0 Å². The molecule has 102 valence electrons. The molecule has 2 N–H and O–H groups in total. The first-order chi connectivity index (χ1) is 9.79. The molecule has 0 bridgehead atoms. The molecule has 0 fully saturated rings. The van der Waals surface area contributed by atoms with Crippen molar-refractivity contribution in [2.45, 2.75) is 6.54 Å². The van der Waals surface area contributed by atoms with Gasteiger partial charge in [0.1, 0.15) is 11.5 Å². The maximum Gasteiger partial charge on any atom is 0.271 e. The summed E-state index contributed by atoms with van der Waals surface area (Å²) in [6, 6.07) is 3.68. The minimum atomic E-state index is -0.260. The van der Waals surface area contributed by atoms with E-state index >= 15 is 0 Å². The lowest BCUT2D eigenvalue weighted by Crippen LogP contribution is -2.24. The molecule has 6 heteroatoms. The van der Waals surface area contributed by atoms with Crippen molar-refractivity contribution >= 4 is 11.7 Å². The summed E-state index contributed by atoms with van der Waals surface area (Å²) < 4.78 is 0. The molecule has 0 aliphatic heterocycles. The monoisotopic (exact) mass is 269 g/mol. The van der Waals surface area contributed by atoms with Crippen molar-refractivity contribution < 1.29 is 4.79 Å². The Morgan fingerprint density at radius 2 is 2.05 bits per heavy atom. The lowest BCUT2D eigenvalue weighted by Gasteiger charge is -2.05. The highest BCUT2D eigenvalue weighted by Crippen LogP contribution is 2.01. The van der Waals surface area contributed by atoms with Crippen LogP contribution in [-0.2, 0) is 6.54 Å². The normalized spacial score (nSPS) is 9.80. The molecule has 20 heavy (non-hydrogen) atoms. The zero-order valence-corrected chi connectivity index (χ0v) is 10.9. The van der Waals surface area contributed by atoms with Gasteiger partial charge in [0.15, 0.2) is 0 Å². The van der Waals surface area contributed by atoms with Crippen molar-refractivity contribution in [1.29, 1.82) is 0 Å². The smallest absolute Gasteiger partial charge is 0.271 e. The Bertz CT molecular complexity index is 568. The quantitative estimate of drug-likeness (QED) is 0.775. The highest BCUT2D eigenvalue weighted by Gasteiger charge is 2.07. The zero-order valence-electron chi connectivity index (χ0n) is 10.9. The maximum atomic E-state index is 11.9. The molecule has 0 saturated heterocycles. The number of nitrogens with one attached hydrogen (secondary N) is 2. The van der Waals surface area contributed by atoms with E-state index in [9.17, 15) is 4.79 Å². The summed E-state index contributed by atoms with van der Waals surface area (Å²) in [5.41, 5.74) is 1.26. The summed E-state index contributed by atoms with van der Waals surface area (Å²) in [4.78, 5) is 24.0. The van der Waals surface area contributed by atoms with E-state index in [0.717, 1.165) is 5.56 Å². The third-order valence-electron chi connectivity index (χ3n) is 2.51. The average Bonchev–Trinajstić information content (AvgIpc) is 2.52. The molecule has 0 aromatic carbocycles. The number of nitrogens with zero attached hydrogens (tertiary/aromatic N) is 3. The number of aromatic nitrogens is 3. The topological polar surface area (TPSA) is 79.8 Å². The van der Waals surface area contributed by atoms with Gasteiger partial charge in [0, 0.05) is 25.5 Å². The van der Waals surface area contributed by atoms with Crippen LogP contribution < -0.4 is 10.6 Å². The van der Waals surface area contributed by atoms with E-state index in [0.29, 0.717) is 18.9 Å². The van der Waals surface area contributed by atoms with E-state index in [1.807, 2.05) is 12.1 Å². The molecular formula is C14H15N5O. The molecule has 0 aliphatic rings. The highest BCUT2D eigenvalue weighted by molar-refractivity contribution is 5.91. The minimum Gasteiger partial charge on any atom is -0.365 e. The van der Waals surface area contributed by atoms with Gasteiger partial charge < -0.3 is 10.6 Å². The summed E-state index contributed by atoms with van der Waals surface area (Å²) in [7, 11) is 0. The standard InChI is InChI=1S/C14H15N5O/c1-2-5-16-13-10-17-12(9-18-13)14(20)19-8-11-3-6-15-7-4-11/h2-4,6-7,9-10H,1,5,8H2,(H,16,18)(H,19,20). The summed E-state index contributed by atoms with van der Waals surface area (Å²) >= 11 is 0. The molecule has 1 amide bonds. The van der Waals surface area contributed by atoms with Gasteiger partial charge in [0.05, 0.1) is 12.4 Å². The second kappa shape index (κ2) is 6.98. The van der Waals surface area contributed by atoms with E-state index in [2.05, 4.69) is 32.2 Å². The first-order valence-corrected chi connectivity index (χ1v) is 6.13. The van der Waals surface area contributed by atoms with Crippen molar-refractivity contribution in [3.05, 3.63) is 60.8 Å². The van der Waals surface area contributed by atoms with Crippen LogP contribution in [0, 0.1) is 0 Å². The third-order valence-corrected chi connectivity index (χ3v) is 2.51. The number of anilines is 1. The van der Waals surface area contributed by atoms with Crippen LogP contribution in [0.5, 0.6) is 0 Å². The second-order valence-electron chi connectivity index (χ2n) is 3.99. The lowest BCUT2D eigenvalue weighted by molar-refractivity contribution is 0.0945. The number of carbonyl (C=O) groups excluding carboxylic acids is 1. The average molecular weight is 269 g/mol. The first kappa shape index (κ1) is 13.7. The molecule has 0 aliphatic carbocycles. The fourth-order valence-electron chi connectivity index (χ4n) is 1.49. The summed E-state index contributed by atoms with van der Waals surface area (Å²) in [5.74, 6) is 0.347. The molecule has 2 aromatic heterocycles. The number of rotatable bonds is 6. The first-order valence-electron chi connectivity index (χ1n) is 6.13. The maximum absolute atomic E-state index is 11.9. The van der Waals surface area contributed by atoms with E-state index in [1.165, 1.54) is 12.4 Å².